The Morgan fingerprint density at radius 1 is 1.36 bits per heavy atom. The molecular weight excluding hydrogens is 306 g/mol. The van der Waals surface area contributed by atoms with Crippen LogP contribution in [0.5, 0.6) is 5.75 Å². The number of pyridine rings is 2. The van der Waals surface area contributed by atoms with Gasteiger partial charge in [0.15, 0.2) is 5.58 Å². The molecule has 3 aromatic heterocycles. The van der Waals surface area contributed by atoms with E-state index in [2.05, 4.69) is 15.3 Å². The number of nitrogens with zero attached hydrogens (tertiary/aromatic N) is 2. The second-order valence-corrected chi connectivity index (χ2v) is 4.87. The molecule has 0 saturated carbocycles. The van der Waals surface area contributed by atoms with Gasteiger partial charge in [0, 0.05) is 31.6 Å². The SMILES string of the molecule is CNC(=O)c1cc(OC)c(-c2cc3nccc(Cl)c3o2)cn1. The third-order valence-corrected chi connectivity index (χ3v) is 3.47. The Hall–Kier alpha value is -2.60. The average Bonchev–Trinajstić information content (AvgIpc) is 2.99. The van der Waals surface area contributed by atoms with Crippen molar-refractivity contribution in [3.05, 3.63) is 41.3 Å². The topological polar surface area (TPSA) is 77.2 Å². The summed E-state index contributed by atoms with van der Waals surface area (Å²) >= 11 is 6.08. The van der Waals surface area contributed by atoms with Crippen molar-refractivity contribution in [2.45, 2.75) is 0 Å². The van der Waals surface area contributed by atoms with E-state index in [9.17, 15) is 4.79 Å². The summed E-state index contributed by atoms with van der Waals surface area (Å²) in [6.07, 6.45) is 3.13. The maximum absolute atomic E-state index is 11.6. The zero-order valence-corrected chi connectivity index (χ0v) is 12.6. The minimum Gasteiger partial charge on any atom is -0.496 e. The molecule has 0 bridgehead atoms. The summed E-state index contributed by atoms with van der Waals surface area (Å²) in [7, 11) is 3.05. The molecule has 6 nitrogen and oxygen atoms in total. The molecule has 0 unspecified atom stereocenters. The van der Waals surface area contributed by atoms with Gasteiger partial charge in [-0.05, 0) is 6.07 Å². The number of methoxy groups -OCH3 is 1. The van der Waals surface area contributed by atoms with Crippen LogP contribution in [0.15, 0.2) is 35.0 Å². The fourth-order valence-corrected chi connectivity index (χ4v) is 2.27. The summed E-state index contributed by atoms with van der Waals surface area (Å²) in [5.41, 5.74) is 2.01. The Kier molecular flexibility index (Phi) is 3.68. The largest absolute Gasteiger partial charge is 0.496 e. The van der Waals surface area contributed by atoms with Crippen LogP contribution in [0.2, 0.25) is 5.02 Å². The highest BCUT2D eigenvalue weighted by molar-refractivity contribution is 6.34. The molecular formula is C15H12ClN3O3. The second kappa shape index (κ2) is 5.65. The van der Waals surface area contributed by atoms with Gasteiger partial charge in [-0.1, -0.05) is 11.6 Å². The first kappa shape index (κ1) is 14.3. The van der Waals surface area contributed by atoms with Crippen LogP contribution in [0, 0.1) is 0 Å². The summed E-state index contributed by atoms with van der Waals surface area (Å²) in [4.78, 5) is 20.0. The van der Waals surface area contributed by atoms with Crippen molar-refractivity contribution in [1.82, 2.24) is 15.3 Å². The van der Waals surface area contributed by atoms with Gasteiger partial charge in [0.25, 0.3) is 5.91 Å². The summed E-state index contributed by atoms with van der Waals surface area (Å²) in [5.74, 6) is 0.700. The van der Waals surface area contributed by atoms with Crippen LogP contribution in [-0.2, 0) is 0 Å². The number of rotatable bonds is 3. The van der Waals surface area contributed by atoms with Crippen LogP contribution >= 0.6 is 11.6 Å². The summed E-state index contributed by atoms with van der Waals surface area (Å²) < 4.78 is 11.1. The maximum atomic E-state index is 11.6. The quantitative estimate of drug-likeness (QED) is 0.803. The molecule has 0 aliphatic carbocycles. The molecule has 0 radical (unpaired) electrons. The van der Waals surface area contributed by atoms with E-state index < -0.39 is 0 Å². The summed E-state index contributed by atoms with van der Waals surface area (Å²) in [6, 6.07) is 4.96. The monoisotopic (exact) mass is 317 g/mol. The van der Waals surface area contributed by atoms with E-state index in [0.29, 0.717) is 33.2 Å². The molecule has 0 saturated heterocycles. The van der Waals surface area contributed by atoms with Gasteiger partial charge in [-0.15, -0.1) is 0 Å². The number of fused-ring (bicyclic) bond motifs is 1. The van der Waals surface area contributed by atoms with Gasteiger partial charge in [0.2, 0.25) is 0 Å². The zero-order chi connectivity index (χ0) is 15.7. The van der Waals surface area contributed by atoms with Gasteiger partial charge in [0.1, 0.15) is 22.7 Å². The minimum absolute atomic E-state index is 0.260. The number of hydrogen-bond acceptors (Lipinski definition) is 5. The number of nitrogens with one attached hydrogen (secondary N) is 1. The predicted octanol–water partition coefficient (Wildman–Crippen LogP) is 2.91. The fraction of sp³-hybridized carbons (Fsp3) is 0.133. The molecule has 0 fully saturated rings. The van der Waals surface area contributed by atoms with Gasteiger partial charge in [-0.25, -0.2) is 0 Å². The van der Waals surface area contributed by atoms with Gasteiger partial charge in [-0.2, -0.15) is 0 Å². The van der Waals surface area contributed by atoms with Crippen molar-refractivity contribution in [2.75, 3.05) is 14.2 Å². The maximum Gasteiger partial charge on any atom is 0.269 e. The standard InChI is InChI=1S/C15H12ClN3O3/c1-17-15(20)11-6-12(21-2)8(7-19-11)13-5-10-14(22-13)9(16)3-4-18-10/h3-7H,1-2H3,(H,17,20). The van der Waals surface area contributed by atoms with E-state index in [4.69, 9.17) is 20.8 Å². The van der Waals surface area contributed by atoms with Crippen LogP contribution in [-0.4, -0.2) is 30.0 Å². The third kappa shape index (κ3) is 2.37. The van der Waals surface area contributed by atoms with Crippen molar-refractivity contribution < 1.29 is 13.9 Å². The molecule has 112 valence electrons. The Bertz CT molecular complexity index is 860. The highest BCUT2D eigenvalue weighted by Crippen LogP contribution is 2.35. The molecule has 7 heteroatoms. The molecule has 1 N–H and O–H groups in total. The minimum atomic E-state index is -0.292. The Labute approximate surface area is 131 Å². The number of hydrogen-bond donors (Lipinski definition) is 1. The molecule has 0 spiro atoms. The first-order valence-corrected chi connectivity index (χ1v) is 6.82. The lowest BCUT2D eigenvalue weighted by atomic mass is 10.2. The normalized spacial score (nSPS) is 10.7. The van der Waals surface area contributed by atoms with Crippen molar-refractivity contribution in [2.24, 2.45) is 0 Å². The van der Waals surface area contributed by atoms with Crippen molar-refractivity contribution in [3.63, 3.8) is 0 Å². The molecule has 0 atom stereocenters. The molecule has 3 rings (SSSR count). The van der Waals surface area contributed by atoms with Crippen LogP contribution in [0.4, 0.5) is 0 Å². The molecule has 3 aromatic rings. The van der Waals surface area contributed by atoms with E-state index >= 15 is 0 Å². The number of carbonyl (C=O) groups is 1. The lowest BCUT2D eigenvalue weighted by molar-refractivity contribution is 0.0958. The summed E-state index contributed by atoms with van der Waals surface area (Å²) in [5, 5.41) is 2.99. The number of ether oxygens (including phenoxy) is 1. The van der Waals surface area contributed by atoms with Crippen LogP contribution < -0.4 is 10.1 Å². The Morgan fingerprint density at radius 2 is 2.18 bits per heavy atom. The average molecular weight is 318 g/mol. The smallest absolute Gasteiger partial charge is 0.269 e. The lowest BCUT2D eigenvalue weighted by Gasteiger charge is -2.07. The van der Waals surface area contributed by atoms with Gasteiger partial charge < -0.3 is 14.5 Å². The van der Waals surface area contributed by atoms with E-state index in [-0.39, 0.29) is 11.6 Å². The van der Waals surface area contributed by atoms with Gasteiger partial charge in [0.05, 0.1) is 17.7 Å². The number of amides is 1. The Morgan fingerprint density at radius 3 is 2.86 bits per heavy atom. The molecule has 0 aliphatic heterocycles. The number of furan rings is 1. The molecule has 3 heterocycles. The first-order valence-electron chi connectivity index (χ1n) is 6.44. The first-order chi connectivity index (χ1) is 10.6. The van der Waals surface area contributed by atoms with Gasteiger partial charge >= 0.3 is 0 Å². The van der Waals surface area contributed by atoms with Gasteiger partial charge in [-0.3, -0.25) is 14.8 Å². The number of halogens is 1. The lowest BCUT2D eigenvalue weighted by Crippen LogP contribution is -2.19. The van der Waals surface area contributed by atoms with Crippen molar-refractivity contribution in [1.29, 1.82) is 0 Å². The van der Waals surface area contributed by atoms with Crippen LogP contribution in [0.25, 0.3) is 22.4 Å². The van der Waals surface area contributed by atoms with Crippen LogP contribution in [0.3, 0.4) is 0 Å². The number of carbonyl (C=O) groups excluding carboxylic acids is 1. The molecule has 22 heavy (non-hydrogen) atoms. The third-order valence-electron chi connectivity index (χ3n) is 3.17. The molecule has 0 aromatic carbocycles. The van der Waals surface area contributed by atoms with E-state index in [1.54, 1.807) is 24.4 Å². The Balaban J connectivity index is 2.13. The van der Waals surface area contributed by atoms with E-state index in [0.717, 1.165) is 0 Å². The fourth-order valence-electron chi connectivity index (χ4n) is 2.08. The zero-order valence-electron chi connectivity index (χ0n) is 11.9. The van der Waals surface area contributed by atoms with E-state index in [1.165, 1.54) is 20.4 Å². The summed E-state index contributed by atoms with van der Waals surface area (Å²) in [6.45, 7) is 0. The van der Waals surface area contributed by atoms with Crippen molar-refractivity contribution >= 4 is 28.6 Å². The second-order valence-electron chi connectivity index (χ2n) is 4.47. The van der Waals surface area contributed by atoms with E-state index in [1.807, 2.05) is 0 Å². The molecule has 1 amide bonds. The number of aromatic nitrogens is 2. The highest BCUT2D eigenvalue weighted by atomic mass is 35.5. The van der Waals surface area contributed by atoms with Crippen LogP contribution in [0.1, 0.15) is 10.5 Å². The molecule has 0 aliphatic rings. The highest BCUT2D eigenvalue weighted by Gasteiger charge is 2.16. The predicted molar refractivity (Wildman–Crippen MR) is 82.2 cm³/mol. The van der Waals surface area contributed by atoms with Crippen molar-refractivity contribution in [3.8, 4) is 17.1 Å².